The summed E-state index contributed by atoms with van der Waals surface area (Å²) in [5.74, 6) is 1.75. The fourth-order valence-electron chi connectivity index (χ4n) is 6.50. The number of nitrogens with two attached hydrogens (primary N) is 2. The van der Waals surface area contributed by atoms with Crippen molar-refractivity contribution in [2.75, 3.05) is 54.9 Å². The number of para-hydroxylation sites is 1. The number of nitrogen functional groups attached to an aromatic ring is 1. The van der Waals surface area contributed by atoms with E-state index in [-0.39, 0.29) is 5.75 Å². The summed E-state index contributed by atoms with van der Waals surface area (Å²) in [6.07, 6.45) is 0. The molecular weight excluding hydrogens is 645 g/mol. The number of aromatic nitrogens is 3. The molecule has 10 nitrogen and oxygen atoms in total. The zero-order valence-electron chi connectivity index (χ0n) is 29.4. The minimum absolute atomic E-state index is 0.174. The Kier molecular flexibility index (Phi) is 11.2. The zero-order chi connectivity index (χ0) is 35.2. The molecule has 1 fully saturated rings. The summed E-state index contributed by atoms with van der Waals surface area (Å²) >= 11 is 1.67. The Morgan fingerprint density at radius 1 is 0.960 bits per heavy atom. The molecule has 5 N–H and O–H groups in total. The van der Waals surface area contributed by atoms with Crippen molar-refractivity contribution < 1.29 is 9.84 Å². The fourth-order valence-corrected chi connectivity index (χ4v) is 7.30. The molecule has 1 aliphatic rings. The van der Waals surface area contributed by atoms with Crippen molar-refractivity contribution in [2.45, 2.75) is 46.8 Å². The summed E-state index contributed by atoms with van der Waals surface area (Å²) in [7, 11) is 0. The molecular formula is C39H48N8O2S. The Hall–Kier alpha value is -4.71. The number of nitrogens with zero attached hydrogens (tertiary/aromatic N) is 6. The van der Waals surface area contributed by atoms with Crippen molar-refractivity contribution in [3.8, 4) is 33.2 Å². The van der Waals surface area contributed by atoms with Crippen LogP contribution in [0.5, 0.6) is 11.5 Å². The van der Waals surface area contributed by atoms with Gasteiger partial charge in [-0.15, -0.1) is 21.5 Å². The van der Waals surface area contributed by atoms with Crippen LogP contribution >= 0.6 is 11.3 Å². The lowest BCUT2D eigenvalue weighted by atomic mass is 10.0. The smallest absolute Gasteiger partial charge is 0.169 e. The van der Waals surface area contributed by atoms with E-state index in [9.17, 15) is 5.11 Å². The van der Waals surface area contributed by atoms with E-state index in [1.54, 1.807) is 23.5 Å². The van der Waals surface area contributed by atoms with Crippen LogP contribution in [-0.4, -0.2) is 70.6 Å². The topological polar surface area (TPSA) is 130 Å². The summed E-state index contributed by atoms with van der Waals surface area (Å²) in [5, 5.41) is 18.7. The number of anilines is 3. The number of hydrogen-bond acceptors (Lipinski definition) is 11. The summed E-state index contributed by atoms with van der Waals surface area (Å²) in [4.78, 5) is 12.8. The van der Waals surface area contributed by atoms with Gasteiger partial charge in [0.2, 0.25) is 0 Å². The van der Waals surface area contributed by atoms with E-state index in [0.717, 1.165) is 62.0 Å². The Morgan fingerprint density at radius 3 is 2.40 bits per heavy atom. The Bertz CT molecular complexity index is 1870. The van der Waals surface area contributed by atoms with Crippen molar-refractivity contribution >= 4 is 28.5 Å². The van der Waals surface area contributed by atoms with Crippen molar-refractivity contribution in [2.24, 2.45) is 11.7 Å². The van der Waals surface area contributed by atoms with Gasteiger partial charge in [0.1, 0.15) is 11.5 Å². The van der Waals surface area contributed by atoms with Crippen LogP contribution in [0.3, 0.4) is 0 Å². The number of piperazine rings is 1. The number of thiazole rings is 1. The van der Waals surface area contributed by atoms with Crippen LogP contribution in [0.15, 0.2) is 78.3 Å². The van der Waals surface area contributed by atoms with Gasteiger partial charge in [0.15, 0.2) is 5.82 Å². The Labute approximate surface area is 299 Å². The molecule has 0 aliphatic carbocycles. The molecule has 50 heavy (non-hydrogen) atoms. The predicted octanol–water partition coefficient (Wildman–Crippen LogP) is 6.57. The second kappa shape index (κ2) is 15.9. The first-order chi connectivity index (χ1) is 24.2. The molecule has 3 heterocycles. The van der Waals surface area contributed by atoms with Crippen LogP contribution in [0.2, 0.25) is 0 Å². The maximum Gasteiger partial charge on any atom is 0.169 e. The van der Waals surface area contributed by atoms with Gasteiger partial charge in [-0.1, -0.05) is 43.3 Å². The highest BCUT2D eigenvalue weighted by Gasteiger charge is 2.22. The molecule has 5 aromatic rings. The zero-order valence-corrected chi connectivity index (χ0v) is 30.2. The molecule has 0 radical (unpaired) electrons. The average molecular weight is 693 g/mol. The first kappa shape index (κ1) is 35.1. The van der Waals surface area contributed by atoms with Crippen LogP contribution < -0.4 is 26.0 Å². The summed E-state index contributed by atoms with van der Waals surface area (Å²) in [5.41, 5.74) is 22.3. The van der Waals surface area contributed by atoms with E-state index in [4.69, 9.17) is 16.2 Å². The highest BCUT2D eigenvalue weighted by molar-refractivity contribution is 7.13. The van der Waals surface area contributed by atoms with Gasteiger partial charge >= 0.3 is 0 Å². The van der Waals surface area contributed by atoms with E-state index in [1.807, 2.05) is 23.7 Å². The van der Waals surface area contributed by atoms with E-state index in [0.29, 0.717) is 42.2 Å². The van der Waals surface area contributed by atoms with Gasteiger partial charge in [-0.2, -0.15) is 0 Å². The van der Waals surface area contributed by atoms with Gasteiger partial charge in [-0.05, 0) is 73.9 Å². The monoisotopic (exact) mass is 692 g/mol. The number of ether oxygens (including phenoxy) is 1. The first-order valence-electron chi connectivity index (χ1n) is 17.3. The molecule has 0 bridgehead atoms. The number of hydrogen-bond donors (Lipinski definition) is 3. The van der Waals surface area contributed by atoms with Crippen LogP contribution in [0.4, 0.5) is 17.2 Å². The Morgan fingerprint density at radius 2 is 1.72 bits per heavy atom. The van der Waals surface area contributed by atoms with Crippen molar-refractivity contribution in [3.63, 3.8) is 0 Å². The normalized spacial score (nSPS) is 14.2. The Balaban J connectivity index is 1.01. The number of aryl methyl sites for hydroxylation is 1. The third-order valence-electron chi connectivity index (χ3n) is 9.31. The maximum absolute atomic E-state index is 10.3. The van der Waals surface area contributed by atoms with Gasteiger partial charge in [-0.3, -0.25) is 4.90 Å². The molecule has 11 heteroatoms. The fraction of sp³-hybridized carbons (Fsp3) is 0.359. The largest absolute Gasteiger partial charge is 0.507 e. The van der Waals surface area contributed by atoms with E-state index < -0.39 is 0 Å². The van der Waals surface area contributed by atoms with Gasteiger partial charge < -0.3 is 31.1 Å². The second-order valence-electron chi connectivity index (χ2n) is 13.4. The van der Waals surface area contributed by atoms with E-state index in [1.165, 1.54) is 21.7 Å². The number of rotatable bonds is 13. The van der Waals surface area contributed by atoms with Gasteiger partial charge in [0.05, 0.1) is 34.1 Å². The van der Waals surface area contributed by atoms with E-state index >= 15 is 0 Å². The van der Waals surface area contributed by atoms with Crippen LogP contribution in [-0.2, 0) is 13.1 Å². The average Bonchev–Trinajstić information content (AvgIpc) is 3.56. The summed E-state index contributed by atoms with van der Waals surface area (Å²) in [6, 6.07) is 24.4. The summed E-state index contributed by atoms with van der Waals surface area (Å²) < 4.78 is 6.29. The molecule has 0 saturated carbocycles. The standard InChI is InChI=1S/C39H48N8O2S/c1-26(2)47(35-19-30(11-12-31(35)21-40)38-28(4)42-25-50-38)22-27(3)24-49-32-13-9-29(10-14-32)23-45-15-17-46(18-16-45)36-20-34(43-44-39(36)41)33-7-5-6-8-37(33)48/h5-14,19-20,25-27,48H,15-18,21-24,40H2,1-4H3,(H2,41,44). The van der Waals surface area contributed by atoms with Gasteiger partial charge in [0.25, 0.3) is 0 Å². The van der Waals surface area contributed by atoms with Gasteiger partial charge in [0, 0.05) is 69.0 Å². The second-order valence-corrected chi connectivity index (χ2v) is 14.3. The molecule has 0 spiro atoms. The first-order valence-corrected chi connectivity index (χ1v) is 18.2. The lowest BCUT2D eigenvalue weighted by molar-refractivity contribution is 0.249. The van der Waals surface area contributed by atoms with Gasteiger partial charge in [-0.25, -0.2) is 4.98 Å². The molecule has 6 rings (SSSR count). The number of aromatic hydroxyl groups is 1. The molecule has 2 aromatic heterocycles. The minimum atomic E-state index is 0.174. The number of phenols is 1. The number of phenolic OH excluding ortho intramolecular Hbond substituents is 1. The van der Waals surface area contributed by atoms with Crippen LogP contribution in [0, 0.1) is 12.8 Å². The third kappa shape index (κ3) is 8.18. The molecule has 1 unspecified atom stereocenters. The molecule has 1 atom stereocenters. The lowest BCUT2D eigenvalue weighted by Gasteiger charge is -2.36. The molecule has 1 saturated heterocycles. The van der Waals surface area contributed by atoms with Crippen molar-refractivity contribution in [1.29, 1.82) is 0 Å². The molecule has 0 amide bonds. The minimum Gasteiger partial charge on any atom is -0.507 e. The van der Waals surface area contributed by atoms with E-state index in [2.05, 4.69) is 100 Å². The quantitative estimate of drug-likeness (QED) is 0.125. The van der Waals surface area contributed by atoms with Crippen molar-refractivity contribution in [1.82, 2.24) is 20.1 Å². The predicted molar refractivity (Wildman–Crippen MR) is 205 cm³/mol. The lowest BCUT2D eigenvalue weighted by Crippen LogP contribution is -2.46. The molecule has 3 aromatic carbocycles. The highest BCUT2D eigenvalue weighted by atomic mass is 32.1. The van der Waals surface area contributed by atoms with Crippen LogP contribution in [0.1, 0.15) is 37.6 Å². The SMILES string of the molecule is Cc1ncsc1-c1ccc(CN)c(N(CC(C)COc2ccc(CN3CCN(c4cc(-c5ccccc5O)nnc4N)CC3)cc2)C(C)C)c1. The summed E-state index contributed by atoms with van der Waals surface area (Å²) in [6.45, 7) is 15.0. The molecule has 1 aliphatic heterocycles. The number of benzene rings is 3. The maximum atomic E-state index is 10.3. The van der Waals surface area contributed by atoms with Crippen LogP contribution in [0.25, 0.3) is 21.7 Å². The highest BCUT2D eigenvalue weighted by Crippen LogP contribution is 2.34. The third-order valence-corrected chi connectivity index (χ3v) is 10.3. The molecule has 262 valence electrons. The van der Waals surface area contributed by atoms with Crippen molar-refractivity contribution in [3.05, 3.63) is 95.1 Å².